The molecule has 0 spiro atoms. The first-order valence-corrected chi connectivity index (χ1v) is 57.1. The van der Waals surface area contributed by atoms with Gasteiger partial charge in [0.15, 0.2) is 23.0 Å². The molecule has 6 N–H and O–H groups in total. The van der Waals surface area contributed by atoms with Crippen LogP contribution in [0.4, 0.5) is 16.2 Å². The van der Waals surface area contributed by atoms with Crippen LogP contribution in [-0.2, 0) is 40.6 Å². The van der Waals surface area contributed by atoms with Crippen molar-refractivity contribution in [2.75, 3.05) is 31.7 Å². The fourth-order valence-corrected chi connectivity index (χ4v) is 17.3. The zero-order chi connectivity index (χ0) is 100. The molecular formula is C120H194Cl4N6O8. The number of rotatable bonds is 81. The smallest absolute Gasteiger partial charge is 0.319 e. The molecule has 0 aliphatic rings. The Hall–Kier alpha value is -6.77. The average molecular weight is 1990 g/mol. The van der Waals surface area contributed by atoms with Crippen molar-refractivity contribution in [1.29, 1.82) is 0 Å². The number of carbonyl (C=O) groups is 3. The third-order valence-corrected chi connectivity index (χ3v) is 26.3. The van der Waals surface area contributed by atoms with E-state index in [4.69, 9.17) is 71.1 Å². The van der Waals surface area contributed by atoms with Crippen LogP contribution in [0, 0.1) is 13.8 Å². The molecule has 6 aromatic rings. The zero-order valence-electron chi connectivity index (χ0n) is 88.3. The van der Waals surface area contributed by atoms with Gasteiger partial charge in [-0.25, -0.2) is 9.59 Å². The van der Waals surface area contributed by atoms with Crippen LogP contribution in [0.5, 0.6) is 23.0 Å². The molecule has 6 rings (SSSR count). The number of halogens is 4. The summed E-state index contributed by atoms with van der Waals surface area (Å²) in [5, 5.41) is 14.2. The van der Waals surface area contributed by atoms with Crippen LogP contribution < -0.4 is 45.9 Å². The van der Waals surface area contributed by atoms with Crippen molar-refractivity contribution in [3.63, 3.8) is 0 Å². The predicted octanol–water partition coefficient (Wildman–Crippen LogP) is 38.2. The van der Waals surface area contributed by atoms with Crippen molar-refractivity contribution in [1.82, 2.24) is 16.0 Å². The fourth-order valence-electron chi connectivity index (χ4n) is 16.8. The molecule has 0 aliphatic heterocycles. The van der Waals surface area contributed by atoms with Gasteiger partial charge in [-0.2, -0.15) is 4.99 Å². The number of hydrogen-bond donors (Lipinski definition) is 5. The van der Waals surface area contributed by atoms with Crippen molar-refractivity contribution >= 4 is 81.7 Å². The molecular weight excluding hydrogens is 1800 g/mol. The SMILES string of the molecule is CC(=O)NCc1ccc(Cl)cc1.CC(=O)NCc1ccc(Cl)cc1.CCCCCCCCCCCCCCCCCCOc1cc(N=C=O)cc(C)c1OCCCCCCCCCCCCCCCCCC.CCCCCCCCCCCCCCCCCCOc1cc(NC(=O)NCc2ccc(Cl)cc2)cc(C)c1OCCCCCCCCCCCCCCCCCC.NCc1ccc(Cl)cc1. The van der Waals surface area contributed by atoms with E-state index < -0.39 is 0 Å². The van der Waals surface area contributed by atoms with Gasteiger partial charge in [0.05, 0.1) is 32.1 Å². The number of aryl methyl sites for hydroxylation is 2. The molecule has 0 saturated heterocycles. The van der Waals surface area contributed by atoms with Gasteiger partial charge in [0.25, 0.3) is 0 Å². The number of hydrogen-bond acceptors (Lipinski definition) is 10. The Morgan fingerprint density at radius 1 is 0.290 bits per heavy atom. The minimum atomic E-state index is -0.255. The van der Waals surface area contributed by atoms with Gasteiger partial charge in [-0.3, -0.25) is 9.59 Å². The van der Waals surface area contributed by atoms with Crippen molar-refractivity contribution in [2.45, 2.75) is 493 Å². The first-order chi connectivity index (χ1) is 67.4. The minimum absolute atomic E-state index is 0.0232. The number of isocyanates is 1. The van der Waals surface area contributed by atoms with Gasteiger partial charge in [0.2, 0.25) is 17.9 Å². The van der Waals surface area contributed by atoms with Crippen molar-refractivity contribution in [3.05, 3.63) is 175 Å². The molecule has 6 aromatic carbocycles. The molecule has 0 unspecified atom stereocenters. The third kappa shape index (κ3) is 77.8. The van der Waals surface area contributed by atoms with E-state index in [9.17, 15) is 19.2 Å². The summed E-state index contributed by atoms with van der Waals surface area (Å²) in [5.41, 5.74) is 12.8. The summed E-state index contributed by atoms with van der Waals surface area (Å²) in [5.74, 6) is 2.99. The van der Waals surface area contributed by atoms with Gasteiger partial charge < -0.3 is 45.9 Å². The van der Waals surface area contributed by atoms with Crippen LogP contribution in [0.25, 0.3) is 0 Å². The topological polar surface area (TPSA) is 192 Å². The van der Waals surface area contributed by atoms with E-state index in [0.717, 1.165) is 81.3 Å². The van der Waals surface area contributed by atoms with Crippen molar-refractivity contribution < 1.29 is 38.1 Å². The number of ether oxygens (including phenoxy) is 4. The molecule has 0 saturated carbocycles. The Labute approximate surface area is 862 Å². The first kappa shape index (κ1) is 127. The number of unbranched alkanes of at least 4 members (excludes halogenated alkanes) is 60. The molecule has 0 radical (unpaired) electrons. The van der Waals surface area contributed by atoms with Crippen LogP contribution in [0.15, 0.2) is 126 Å². The van der Waals surface area contributed by atoms with Crippen molar-refractivity contribution in [2.24, 2.45) is 10.7 Å². The summed E-state index contributed by atoms with van der Waals surface area (Å²) < 4.78 is 25.2. The lowest BCUT2D eigenvalue weighted by molar-refractivity contribution is -0.120. The molecule has 0 atom stereocenters. The van der Waals surface area contributed by atoms with Crippen LogP contribution in [0.3, 0.4) is 0 Å². The molecule has 0 aliphatic carbocycles. The van der Waals surface area contributed by atoms with Crippen molar-refractivity contribution in [3.8, 4) is 23.0 Å². The highest BCUT2D eigenvalue weighted by molar-refractivity contribution is 6.31. The maximum Gasteiger partial charge on any atom is 0.319 e. The lowest BCUT2D eigenvalue weighted by atomic mass is 10.0. The van der Waals surface area contributed by atoms with Gasteiger partial charge in [-0.1, -0.05) is 508 Å². The lowest BCUT2D eigenvalue weighted by Crippen LogP contribution is -2.28. The highest BCUT2D eigenvalue weighted by atomic mass is 35.5. The maximum absolute atomic E-state index is 12.8. The summed E-state index contributed by atoms with van der Waals surface area (Å²) >= 11 is 23.0. The largest absolute Gasteiger partial charge is 0.490 e. The average Bonchev–Trinajstić information content (AvgIpc) is 0.836. The predicted molar refractivity (Wildman–Crippen MR) is 595 cm³/mol. The molecule has 14 nitrogen and oxygen atoms in total. The maximum atomic E-state index is 12.8. The Morgan fingerprint density at radius 3 is 0.746 bits per heavy atom. The minimum Gasteiger partial charge on any atom is -0.490 e. The van der Waals surface area contributed by atoms with E-state index in [0.29, 0.717) is 84.8 Å². The highest BCUT2D eigenvalue weighted by Crippen LogP contribution is 2.38. The number of aliphatic imine (C=N–C) groups is 1. The van der Waals surface area contributed by atoms with Gasteiger partial charge in [-0.15, -0.1) is 0 Å². The zero-order valence-corrected chi connectivity index (χ0v) is 91.3. The number of nitrogens with one attached hydrogen (secondary N) is 4. The number of carbonyl (C=O) groups excluding carboxylic acids is 4. The normalized spacial score (nSPS) is 10.8. The Kier molecular flexibility index (Phi) is 86.6. The molecule has 0 fully saturated rings. The Balaban J connectivity index is 0.000000699. The van der Waals surface area contributed by atoms with Crippen LogP contribution >= 0.6 is 46.4 Å². The van der Waals surface area contributed by atoms with Gasteiger partial charge in [0.1, 0.15) is 0 Å². The van der Waals surface area contributed by atoms with E-state index in [1.807, 2.05) is 111 Å². The van der Waals surface area contributed by atoms with Gasteiger partial charge >= 0.3 is 6.03 Å². The number of amides is 4. The molecule has 780 valence electrons. The van der Waals surface area contributed by atoms with Gasteiger partial charge in [-0.05, 0) is 134 Å². The molecule has 18 heteroatoms. The summed E-state index contributed by atoms with van der Waals surface area (Å²) in [6.07, 6.45) is 88.6. The second kappa shape index (κ2) is 93.9. The quantitative estimate of drug-likeness (QED) is 0.0140. The summed E-state index contributed by atoms with van der Waals surface area (Å²) in [6.45, 7) is 21.0. The standard InChI is InChI=1S/C51H87ClN2O3.C44H79NO3.2C9H10ClNO.C7H8ClN/c1-4-6-8-10-12-14-16-18-20-22-24-26-28-30-32-34-40-56-49-43-48(54-51(55)53-44-46-36-38-47(52)39-37-46)42-45(3)50(49)57-41-35-33-31-29-27-25-23-21-19-17-15-13-11-9-7-5-2;1-4-6-8-10-12-14-16-18-20-22-24-26-28-30-32-34-36-47-43-39-42(45-40-46)38-41(3)44(43)48-37-35-33-31-29-27-25-23-21-19-17-15-13-11-9-7-5-2;2*1-7(12)11-6-8-2-4-9(10)5-3-8;8-7-3-1-6(5-9)2-4-7/h36-39,42-43H,4-35,40-41,44H2,1-3H3,(H2,53,54,55);38-39H,4-37H2,1-3H3;2*2-5H,6H2,1H3,(H,11,12);1-4H,5,9H2. The van der Waals surface area contributed by atoms with Crippen LogP contribution in [0.2, 0.25) is 20.1 Å². The Bertz CT molecular complexity index is 3810. The molecule has 138 heavy (non-hydrogen) atoms. The third-order valence-electron chi connectivity index (χ3n) is 25.3. The summed E-state index contributed by atoms with van der Waals surface area (Å²) in [4.78, 5) is 48.6. The number of nitrogens with zero attached hydrogens (tertiary/aromatic N) is 1. The van der Waals surface area contributed by atoms with Gasteiger partial charge in [0, 0.05) is 77.9 Å². The molecule has 0 aromatic heterocycles. The van der Waals surface area contributed by atoms with E-state index in [2.05, 4.69) is 54.0 Å². The first-order valence-electron chi connectivity index (χ1n) is 55.5. The Morgan fingerprint density at radius 2 is 0.507 bits per heavy atom. The molecule has 4 amide bonds. The second-order valence-electron chi connectivity index (χ2n) is 38.4. The summed E-state index contributed by atoms with van der Waals surface area (Å²) in [6, 6.07) is 37.1. The lowest BCUT2D eigenvalue weighted by Gasteiger charge is -2.17. The highest BCUT2D eigenvalue weighted by Gasteiger charge is 2.16. The van der Waals surface area contributed by atoms with E-state index in [1.165, 1.54) is 399 Å². The van der Waals surface area contributed by atoms with E-state index in [1.54, 1.807) is 30.3 Å². The van der Waals surface area contributed by atoms with E-state index >= 15 is 0 Å². The molecule has 0 bridgehead atoms. The molecule has 0 heterocycles. The van der Waals surface area contributed by atoms with Crippen LogP contribution in [0.1, 0.15) is 486 Å². The van der Waals surface area contributed by atoms with Crippen LogP contribution in [-0.4, -0.2) is 50.4 Å². The fraction of sp³-hybridized carbons (Fsp3) is 0.667. The summed E-state index contributed by atoms with van der Waals surface area (Å²) in [7, 11) is 0. The monoisotopic (exact) mass is 1990 g/mol. The number of urea groups is 1. The number of benzene rings is 6. The second-order valence-corrected chi connectivity index (χ2v) is 40.1. The van der Waals surface area contributed by atoms with E-state index in [-0.39, 0.29) is 17.8 Å². The number of anilines is 1. The number of nitrogens with two attached hydrogens (primary N) is 1.